The molecule has 0 spiro atoms. The van der Waals surface area contributed by atoms with Gasteiger partial charge in [0.05, 0.1) is 6.54 Å². The predicted octanol–water partition coefficient (Wildman–Crippen LogP) is 2.72. The molecule has 0 atom stereocenters. The van der Waals surface area contributed by atoms with Gasteiger partial charge in [0.25, 0.3) is 5.91 Å². The minimum Gasteiger partial charge on any atom is -0.451 e. The van der Waals surface area contributed by atoms with Crippen molar-refractivity contribution in [3.8, 4) is 0 Å². The maximum Gasteiger partial charge on any atom is 0.358 e. The van der Waals surface area contributed by atoms with E-state index >= 15 is 0 Å². The average Bonchev–Trinajstić information content (AvgIpc) is 3.14. The van der Waals surface area contributed by atoms with Gasteiger partial charge in [0.15, 0.2) is 17.4 Å². The third-order valence-corrected chi connectivity index (χ3v) is 4.65. The fourth-order valence-electron chi connectivity index (χ4n) is 2.00. The van der Waals surface area contributed by atoms with Gasteiger partial charge < -0.3 is 20.7 Å². The van der Waals surface area contributed by atoms with Crippen molar-refractivity contribution in [1.29, 1.82) is 0 Å². The lowest BCUT2D eigenvalue weighted by Crippen LogP contribution is -2.35. The minimum absolute atomic E-state index is 0.104. The van der Waals surface area contributed by atoms with E-state index < -0.39 is 18.5 Å². The molecule has 8 nitrogen and oxygen atoms in total. The second-order valence-corrected chi connectivity index (χ2v) is 7.34. The van der Waals surface area contributed by atoms with Crippen molar-refractivity contribution in [2.24, 2.45) is 0 Å². The van der Waals surface area contributed by atoms with Crippen molar-refractivity contribution in [1.82, 2.24) is 10.3 Å². The highest BCUT2D eigenvalue weighted by atomic mass is 79.9. The summed E-state index contributed by atoms with van der Waals surface area (Å²) in [6, 6.07) is 5.43. The van der Waals surface area contributed by atoms with Crippen LogP contribution in [0, 0.1) is 6.92 Å². The predicted molar refractivity (Wildman–Crippen MR) is 112 cm³/mol. The molecule has 3 N–H and O–H groups in total. The average molecular weight is 467 g/mol. The third-order valence-electron chi connectivity index (χ3n) is 3.35. The monoisotopic (exact) mass is 466 g/mol. The van der Waals surface area contributed by atoms with Gasteiger partial charge in [-0.15, -0.1) is 17.9 Å². The highest BCUT2D eigenvalue weighted by Crippen LogP contribution is 2.19. The largest absolute Gasteiger partial charge is 0.451 e. The number of nitrogens with zero attached hydrogens (tertiary/aromatic N) is 1. The molecule has 0 fully saturated rings. The summed E-state index contributed by atoms with van der Waals surface area (Å²) in [7, 11) is 0. The second-order valence-electron chi connectivity index (χ2n) is 5.57. The molecule has 0 aliphatic rings. The molecule has 0 radical (unpaired) electrons. The van der Waals surface area contributed by atoms with E-state index in [9.17, 15) is 14.4 Å². The van der Waals surface area contributed by atoms with Gasteiger partial charge in [-0.2, -0.15) is 0 Å². The summed E-state index contributed by atoms with van der Waals surface area (Å²) in [6.07, 6.45) is 1.66. The summed E-state index contributed by atoms with van der Waals surface area (Å²) in [5, 5.41) is 10.1. The van der Waals surface area contributed by atoms with E-state index in [1.807, 2.05) is 13.0 Å². The summed E-state index contributed by atoms with van der Waals surface area (Å²) in [4.78, 5) is 39.7. The van der Waals surface area contributed by atoms with Gasteiger partial charge in [0.1, 0.15) is 0 Å². The molecular weight excluding hydrogens is 448 g/mol. The molecule has 28 heavy (non-hydrogen) atoms. The van der Waals surface area contributed by atoms with Crippen LogP contribution in [-0.4, -0.2) is 42.5 Å². The fraction of sp³-hybridized carbons (Fsp3) is 0.222. The second kappa shape index (κ2) is 10.6. The Morgan fingerprint density at radius 2 is 2.11 bits per heavy atom. The molecule has 0 saturated heterocycles. The number of esters is 1. The van der Waals surface area contributed by atoms with Crippen LogP contribution in [0.1, 0.15) is 16.1 Å². The number of aromatic nitrogens is 1. The lowest BCUT2D eigenvalue weighted by molar-refractivity contribution is -0.126. The molecule has 0 bridgehead atoms. The zero-order valence-electron chi connectivity index (χ0n) is 15.1. The Labute approximate surface area is 174 Å². The van der Waals surface area contributed by atoms with E-state index in [1.54, 1.807) is 18.2 Å². The zero-order chi connectivity index (χ0) is 20.5. The molecule has 0 aliphatic carbocycles. The van der Waals surface area contributed by atoms with Crippen LogP contribution in [-0.2, 0) is 14.3 Å². The van der Waals surface area contributed by atoms with Crippen LogP contribution in [0.15, 0.2) is 40.7 Å². The van der Waals surface area contributed by atoms with Crippen molar-refractivity contribution in [2.75, 3.05) is 30.3 Å². The SMILES string of the molecule is C=CCNc1nc(C(=O)OCC(=O)NCC(=O)Nc2ccc(Br)cc2C)cs1. The molecule has 10 heteroatoms. The third kappa shape index (κ3) is 6.78. The minimum atomic E-state index is -0.715. The smallest absolute Gasteiger partial charge is 0.358 e. The van der Waals surface area contributed by atoms with Crippen LogP contribution in [0.5, 0.6) is 0 Å². The van der Waals surface area contributed by atoms with Crippen LogP contribution in [0.4, 0.5) is 10.8 Å². The number of aryl methyl sites for hydroxylation is 1. The fourth-order valence-corrected chi connectivity index (χ4v) is 3.17. The van der Waals surface area contributed by atoms with E-state index in [0.29, 0.717) is 17.4 Å². The van der Waals surface area contributed by atoms with E-state index in [1.165, 1.54) is 16.7 Å². The molecule has 1 aromatic heterocycles. The Hall–Kier alpha value is -2.72. The standard InChI is InChI=1S/C18H19BrN4O4S/c1-3-6-20-18-23-14(10-28-18)17(26)27-9-16(25)21-8-15(24)22-13-5-4-12(19)7-11(13)2/h3-5,7,10H,1,6,8-9H2,2H3,(H,20,23)(H,21,25)(H,22,24). The number of hydrogen-bond donors (Lipinski definition) is 3. The topological polar surface area (TPSA) is 109 Å². The van der Waals surface area contributed by atoms with Crippen LogP contribution < -0.4 is 16.0 Å². The molecule has 2 rings (SSSR count). The summed E-state index contributed by atoms with van der Waals surface area (Å²) < 4.78 is 5.80. The number of halogens is 1. The number of hydrogen-bond acceptors (Lipinski definition) is 7. The van der Waals surface area contributed by atoms with Crippen LogP contribution in [0.2, 0.25) is 0 Å². The molecule has 1 aromatic carbocycles. The maximum absolute atomic E-state index is 11.9. The van der Waals surface area contributed by atoms with Gasteiger partial charge in [0, 0.05) is 22.1 Å². The number of rotatable bonds is 9. The number of ether oxygens (including phenoxy) is 1. The Kier molecular flexibility index (Phi) is 8.15. The maximum atomic E-state index is 11.9. The summed E-state index contributed by atoms with van der Waals surface area (Å²) >= 11 is 4.59. The Bertz CT molecular complexity index is 884. The quantitative estimate of drug-likeness (QED) is 0.387. The summed E-state index contributed by atoms with van der Waals surface area (Å²) in [6.45, 7) is 5.21. The first kappa shape index (κ1) is 21.6. The van der Waals surface area contributed by atoms with Gasteiger partial charge in [0.2, 0.25) is 5.91 Å². The molecule has 148 valence electrons. The number of carbonyl (C=O) groups is 3. The van der Waals surface area contributed by atoms with Crippen molar-refractivity contribution in [3.63, 3.8) is 0 Å². The van der Waals surface area contributed by atoms with E-state index in [0.717, 1.165) is 10.0 Å². The molecule has 1 heterocycles. The van der Waals surface area contributed by atoms with Gasteiger partial charge in [-0.3, -0.25) is 9.59 Å². The van der Waals surface area contributed by atoms with Gasteiger partial charge >= 0.3 is 5.97 Å². The Morgan fingerprint density at radius 1 is 1.32 bits per heavy atom. The molecule has 0 saturated carbocycles. The number of nitrogens with one attached hydrogen (secondary N) is 3. The van der Waals surface area contributed by atoms with Crippen molar-refractivity contribution >= 4 is 55.9 Å². The Morgan fingerprint density at radius 3 is 2.82 bits per heavy atom. The summed E-state index contributed by atoms with van der Waals surface area (Å²) in [5.74, 6) is -1.69. The number of anilines is 2. The number of benzene rings is 1. The van der Waals surface area contributed by atoms with Crippen LogP contribution in [0.3, 0.4) is 0 Å². The van der Waals surface area contributed by atoms with Crippen LogP contribution in [0.25, 0.3) is 0 Å². The number of amides is 2. The molecule has 0 aliphatic heterocycles. The van der Waals surface area contributed by atoms with Gasteiger partial charge in [-0.05, 0) is 30.7 Å². The van der Waals surface area contributed by atoms with Crippen molar-refractivity contribution in [2.45, 2.75) is 6.92 Å². The molecular formula is C18H19BrN4O4S. The molecule has 0 unspecified atom stereocenters. The normalized spacial score (nSPS) is 10.1. The summed E-state index contributed by atoms with van der Waals surface area (Å²) in [5.41, 5.74) is 1.64. The van der Waals surface area contributed by atoms with Gasteiger partial charge in [-0.1, -0.05) is 22.0 Å². The van der Waals surface area contributed by atoms with E-state index in [2.05, 4.69) is 43.4 Å². The number of thiazole rings is 1. The molecule has 2 amide bonds. The first-order chi connectivity index (χ1) is 13.4. The number of carbonyl (C=O) groups excluding carboxylic acids is 3. The van der Waals surface area contributed by atoms with E-state index in [4.69, 9.17) is 4.74 Å². The van der Waals surface area contributed by atoms with Crippen molar-refractivity contribution in [3.05, 3.63) is 52.0 Å². The first-order valence-electron chi connectivity index (χ1n) is 8.19. The zero-order valence-corrected chi connectivity index (χ0v) is 17.5. The lowest BCUT2D eigenvalue weighted by atomic mass is 10.2. The van der Waals surface area contributed by atoms with Crippen LogP contribution >= 0.6 is 27.3 Å². The lowest BCUT2D eigenvalue weighted by Gasteiger charge is -2.09. The highest BCUT2D eigenvalue weighted by Gasteiger charge is 2.14. The highest BCUT2D eigenvalue weighted by molar-refractivity contribution is 9.10. The molecule has 2 aromatic rings. The van der Waals surface area contributed by atoms with Gasteiger partial charge in [-0.25, -0.2) is 9.78 Å². The Balaban J connectivity index is 1.73. The van der Waals surface area contributed by atoms with E-state index in [-0.39, 0.29) is 18.1 Å². The first-order valence-corrected chi connectivity index (χ1v) is 9.86. The van der Waals surface area contributed by atoms with Crippen molar-refractivity contribution < 1.29 is 19.1 Å².